The zero-order chi connectivity index (χ0) is 19.5. The Morgan fingerprint density at radius 2 is 1.93 bits per heavy atom. The van der Waals surface area contributed by atoms with Crippen LogP contribution in [0.2, 0.25) is 0 Å². The predicted octanol–water partition coefficient (Wildman–Crippen LogP) is 4.01. The minimum absolute atomic E-state index is 0.313. The first-order valence-corrected chi connectivity index (χ1v) is 9.85. The number of cyclic esters (lactones) is 1. The molecule has 6 heteroatoms. The molecular weight excluding hydrogens is 346 g/mol. The van der Waals surface area contributed by atoms with Gasteiger partial charge >= 0.3 is 12.1 Å². The number of methoxy groups -OCH3 is 1. The molecule has 0 spiro atoms. The molecule has 1 unspecified atom stereocenters. The van der Waals surface area contributed by atoms with Crippen LogP contribution in [0, 0.1) is 0 Å². The van der Waals surface area contributed by atoms with Gasteiger partial charge in [0.1, 0.15) is 11.3 Å². The number of alkyl carbamates (subject to hydrolysis) is 1. The maximum Gasteiger partial charge on any atom is 0.407 e. The Balaban J connectivity index is 1.81. The topological polar surface area (TPSA) is 73.9 Å². The first-order chi connectivity index (χ1) is 13.1. The predicted molar refractivity (Wildman–Crippen MR) is 103 cm³/mol. The molecule has 2 rings (SSSR count). The molecule has 1 aliphatic heterocycles. The second-order valence-corrected chi connectivity index (χ2v) is 6.99. The van der Waals surface area contributed by atoms with E-state index in [1.165, 1.54) is 32.8 Å². The highest BCUT2D eigenvalue weighted by Crippen LogP contribution is 2.27. The van der Waals surface area contributed by atoms with Gasteiger partial charge in [0, 0.05) is 6.42 Å². The van der Waals surface area contributed by atoms with E-state index in [0.29, 0.717) is 25.9 Å². The van der Waals surface area contributed by atoms with Gasteiger partial charge < -0.3 is 19.5 Å². The number of amides is 1. The van der Waals surface area contributed by atoms with E-state index < -0.39 is 17.6 Å². The summed E-state index contributed by atoms with van der Waals surface area (Å²) in [6, 6.07) is 7.90. The smallest absolute Gasteiger partial charge is 0.407 e. The molecule has 0 aromatic heterocycles. The molecule has 1 heterocycles. The van der Waals surface area contributed by atoms with Crippen molar-refractivity contribution in [3.05, 3.63) is 29.8 Å². The van der Waals surface area contributed by atoms with Gasteiger partial charge in [0.15, 0.2) is 0 Å². The number of ether oxygens (including phenoxy) is 3. The SMILES string of the molecule is CCCCCCCOc1ccc(CCC2(NC(=O)OC)CCOC2=O)cc1. The highest BCUT2D eigenvalue weighted by atomic mass is 16.6. The van der Waals surface area contributed by atoms with Gasteiger partial charge in [-0.2, -0.15) is 0 Å². The molecule has 1 aromatic rings. The molecule has 150 valence electrons. The van der Waals surface area contributed by atoms with Crippen LogP contribution in [0.25, 0.3) is 0 Å². The van der Waals surface area contributed by atoms with Crippen molar-refractivity contribution in [1.82, 2.24) is 5.32 Å². The van der Waals surface area contributed by atoms with Crippen LogP contribution in [0.1, 0.15) is 57.4 Å². The van der Waals surface area contributed by atoms with Crippen molar-refractivity contribution in [2.75, 3.05) is 20.3 Å². The van der Waals surface area contributed by atoms with Gasteiger partial charge in [-0.3, -0.25) is 0 Å². The largest absolute Gasteiger partial charge is 0.494 e. The van der Waals surface area contributed by atoms with E-state index in [1.807, 2.05) is 24.3 Å². The van der Waals surface area contributed by atoms with E-state index in [0.717, 1.165) is 24.3 Å². The van der Waals surface area contributed by atoms with Gasteiger partial charge in [-0.05, 0) is 37.0 Å². The summed E-state index contributed by atoms with van der Waals surface area (Å²) in [4.78, 5) is 23.7. The van der Waals surface area contributed by atoms with Crippen molar-refractivity contribution in [3.63, 3.8) is 0 Å². The summed E-state index contributed by atoms with van der Waals surface area (Å²) in [6.07, 6.45) is 7.04. The third-order valence-corrected chi connectivity index (χ3v) is 4.96. The number of unbranched alkanes of at least 4 members (excludes halogenated alkanes) is 4. The van der Waals surface area contributed by atoms with Crippen LogP contribution in [0.5, 0.6) is 5.75 Å². The molecule has 1 amide bonds. The number of carbonyl (C=O) groups is 2. The maximum atomic E-state index is 12.1. The number of hydrogen-bond donors (Lipinski definition) is 1. The zero-order valence-electron chi connectivity index (χ0n) is 16.4. The molecule has 1 N–H and O–H groups in total. The summed E-state index contributed by atoms with van der Waals surface area (Å²) >= 11 is 0. The van der Waals surface area contributed by atoms with Gasteiger partial charge in [-0.15, -0.1) is 0 Å². The molecule has 0 bridgehead atoms. The van der Waals surface area contributed by atoms with E-state index >= 15 is 0 Å². The molecule has 27 heavy (non-hydrogen) atoms. The minimum atomic E-state index is -0.999. The number of esters is 1. The van der Waals surface area contributed by atoms with Crippen LogP contribution >= 0.6 is 0 Å². The van der Waals surface area contributed by atoms with Crippen molar-refractivity contribution in [1.29, 1.82) is 0 Å². The number of rotatable bonds is 11. The van der Waals surface area contributed by atoms with Crippen LogP contribution in [-0.4, -0.2) is 37.9 Å². The molecule has 1 fully saturated rings. The Bertz CT molecular complexity index is 601. The summed E-state index contributed by atoms with van der Waals surface area (Å²) < 4.78 is 15.5. The molecule has 1 aliphatic rings. The van der Waals surface area contributed by atoms with Gasteiger partial charge in [0.25, 0.3) is 0 Å². The number of nitrogens with one attached hydrogen (secondary N) is 1. The van der Waals surface area contributed by atoms with E-state index in [-0.39, 0.29) is 0 Å². The molecule has 0 aliphatic carbocycles. The average Bonchev–Trinajstić information content (AvgIpc) is 3.04. The first-order valence-electron chi connectivity index (χ1n) is 9.85. The monoisotopic (exact) mass is 377 g/mol. The van der Waals surface area contributed by atoms with Gasteiger partial charge in [0.2, 0.25) is 0 Å². The molecule has 1 saturated heterocycles. The third kappa shape index (κ3) is 6.45. The van der Waals surface area contributed by atoms with E-state index in [1.54, 1.807) is 0 Å². The fourth-order valence-corrected chi connectivity index (χ4v) is 3.21. The standard InChI is InChI=1S/C21H31NO5/c1-3-4-5-6-7-15-26-18-10-8-17(9-11-18)12-13-21(22-20(24)25-2)14-16-27-19(21)23/h8-11H,3-7,12-16H2,1-2H3,(H,22,24). The van der Waals surface area contributed by atoms with Crippen molar-refractivity contribution < 1.29 is 23.8 Å². The van der Waals surface area contributed by atoms with Crippen molar-refractivity contribution in [2.24, 2.45) is 0 Å². The van der Waals surface area contributed by atoms with Crippen LogP contribution in [0.15, 0.2) is 24.3 Å². The van der Waals surface area contributed by atoms with Gasteiger partial charge in [-0.1, -0.05) is 44.7 Å². The highest BCUT2D eigenvalue weighted by Gasteiger charge is 2.45. The normalized spacial score (nSPS) is 18.8. The summed E-state index contributed by atoms with van der Waals surface area (Å²) in [5.41, 5.74) is 0.0804. The lowest BCUT2D eigenvalue weighted by atomic mass is 9.90. The second kappa shape index (κ2) is 10.8. The Labute approximate surface area is 161 Å². The van der Waals surface area contributed by atoms with Crippen molar-refractivity contribution >= 4 is 12.1 Å². The van der Waals surface area contributed by atoms with Crippen LogP contribution in [0.4, 0.5) is 4.79 Å². The zero-order valence-corrected chi connectivity index (χ0v) is 16.4. The highest BCUT2D eigenvalue weighted by molar-refractivity contribution is 5.87. The third-order valence-electron chi connectivity index (χ3n) is 4.96. The first kappa shape index (κ1) is 21.1. The fourth-order valence-electron chi connectivity index (χ4n) is 3.21. The van der Waals surface area contributed by atoms with E-state index in [2.05, 4.69) is 17.0 Å². The molecule has 1 atom stereocenters. The van der Waals surface area contributed by atoms with Crippen molar-refractivity contribution in [2.45, 2.75) is 63.8 Å². The Morgan fingerprint density at radius 1 is 1.19 bits per heavy atom. The van der Waals surface area contributed by atoms with E-state index in [4.69, 9.17) is 9.47 Å². The maximum absolute atomic E-state index is 12.1. The molecule has 0 saturated carbocycles. The van der Waals surface area contributed by atoms with E-state index in [9.17, 15) is 9.59 Å². The lowest BCUT2D eigenvalue weighted by Gasteiger charge is -2.25. The number of hydrogen-bond acceptors (Lipinski definition) is 5. The average molecular weight is 377 g/mol. The molecule has 6 nitrogen and oxygen atoms in total. The fraction of sp³-hybridized carbons (Fsp3) is 0.619. The van der Waals surface area contributed by atoms with Gasteiger partial charge in [-0.25, -0.2) is 9.59 Å². The van der Waals surface area contributed by atoms with Crippen LogP contribution in [0.3, 0.4) is 0 Å². The summed E-state index contributed by atoms with van der Waals surface area (Å²) in [5, 5.41) is 2.66. The lowest BCUT2D eigenvalue weighted by molar-refractivity contribution is -0.143. The number of benzene rings is 1. The lowest BCUT2D eigenvalue weighted by Crippen LogP contribution is -2.52. The summed E-state index contributed by atoms with van der Waals surface area (Å²) in [7, 11) is 1.28. The molecule has 0 radical (unpaired) electrons. The Morgan fingerprint density at radius 3 is 2.56 bits per heavy atom. The molecular formula is C21H31NO5. The quantitative estimate of drug-likeness (QED) is 0.466. The minimum Gasteiger partial charge on any atom is -0.494 e. The number of carbonyl (C=O) groups excluding carboxylic acids is 2. The van der Waals surface area contributed by atoms with Crippen LogP contribution < -0.4 is 10.1 Å². The van der Waals surface area contributed by atoms with Gasteiger partial charge in [0.05, 0.1) is 20.3 Å². The van der Waals surface area contributed by atoms with Crippen molar-refractivity contribution in [3.8, 4) is 5.75 Å². The Hall–Kier alpha value is -2.24. The summed E-state index contributed by atoms with van der Waals surface area (Å²) in [6.45, 7) is 3.26. The van der Waals surface area contributed by atoms with Crippen LogP contribution in [-0.2, 0) is 20.7 Å². The Kier molecular flexibility index (Phi) is 8.43. The number of aryl methyl sites for hydroxylation is 1. The summed E-state index contributed by atoms with van der Waals surface area (Å²) in [5.74, 6) is 0.466. The molecule has 1 aromatic carbocycles. The second-order valence-electron chi connectivity index (χ2n) is 6.99.